The zero-order chi connectivity index (χ0) is 11.2. The lowest BCUT2D eigenvalue weighted by molar-refractivity contribution is -0.114. The van der Waals surface area contributed by atoms with Gasteiger partial charge in [-0.1, -0.05) is 0 Å². The van der Waals surface area contributed by atoms with Crippen molar-refractivity contribution in [3.63, 3.8) is 0 Å². The van der Waals surface area contributed by atoms with Crippen molar-refractivity contribution in [3.05, 3.63) is 6.92 Å². The molecule has 0 saturated carbocycles. The predicted molar refractivity (Wildman–Crippen MR) is 53.8 cm³/mol. The minimum atomic E-state index is -0.480. The number of rotatable bonds is 4. The average molecular weight is 200 g/mol. The molecule has 0 spiro atoms. The summed E-state index contributed by atoms with van der Waals surface area (Å²) in [6.45, 7) is 9.07. The number of alkyl carbamates (subject to hydrolysis) is 1. The first-order chi connectivity index (χ1) is 6.31. The van der Waals surface area contributed by atoms with Gasteiger partial charge in [0.1, 0.15) is 11.4 Å². The number of carbonyl (C=O) groups is 2. The zero-order valence-electron chi connectivity index (χ0n) is 9.05. The Morgan fingerprint density at radius 1 is 1.36 bits per heavy atom. The van der Waals surface area contributed by atoms with Crippen molar-refractivity contribution >= 4 is 11.9 Å². The lowest BCUT2D eigenvalue weighted by atomic mass is 10.2. The second-order valence-corrected chi connectivity index (χ2v) is 4.07. The van der Waals surface area contributed by atoms with Crippen molar-refractivity contribution in [2.24, 2.45) is 0 Å². The summed E-state index contributed by atoms with van der Waals surface area (Å²) in [6, 6.07) is 0. The standard InChI is InChI=1S/C10H18NO3/c1-8(12)6-5-7-11-9(13)14-10(2,3)4/h1,5-7H2,2-4H3,(H,11,13). The van der Waals surface area contributed by atoms with Gasteiger partial charge in [0.15, 0.2) is 0 Å². The van der Waals surface area contributed by atoms with Crippen molar-refractivity contribution < 1.29 is 14.3 Å². The maximum absolute atomic E-state index is 11.1. The summed E-state index contributed by atoms with van der Waals surface area (Å²) in [5.74, 6) is -0.115. The van der Waals surface area contributed by atoms with E-state index in [1.54, 1.807) is 20.8 Å². The molecule has 0 aliphatic carbocycles. The van der Waals surface area contributed by atoms with E-state index < -0.39 is 11.7 Å². The van der Waals surface area contributed by atoms with Gasteiger partial charge in [-0.2, -0.15) is 0 Å². The summed E-state index contributed by atoms with van der Waals surface area (Å²) in [5.41, 5.74) is -0.480. The van der Waals surface area contributed by atoms with Crippen LogP contribution in [0.5, 0.6) is 0 Å². The van der Waals surface area contributed by atoms with Gasteiger partial charge in [-0.25, -0.2) is 4.79 Å². The number of Topliss-reactive ketones (excluding diaryl/α,β-unsaturated/α-hetero) is 1. The highest BCUT2D eigenvalue weighted by Crippen LogP contribution is 2.06. The lowest BCUT2D eigenvalue weighted by Gasteiger charge is -2.19. The number of hydrogen-bond donors (Lipinski definition) is 1. The normalized spacial score (nSPS) is 10.9. The van der Waals surface area contributed by atoms with Crippen LogP contribution in [0.1, 0.15) is 33.6 Å². The van der Waals surface area contributed by atoms with Gasteiger partial charge in [-0.15, -0.1) is 0 Å². The second-order valence-electron chi connectivity index (χ2n) is 4.07. The summed E-state index contributed by atoms with van der Waals surface area (Å²) in [4.78, 5) is 21.5. The van der Waals surface area contributed by atoms with Gasteiger partial charge in [0.05, 0.1) is 0 Å². The Bertz CT molecular complexity index is 206. The van der Waals surface area contributed by atoms with E-state index in [-0.39, 0.29) is 5.78 Å². The third-order valence-electron chi connectivity index (χ3n) is 1.30. The smallest absolute Gasteiger partial charge is 0.407 e. The van der Waals surface area contributed by atoms with E-state index in [0.717, 1.165) is 0 Å². The molecule has 0 unspecified atom stereocenters. The van der Waals surface area contributed by atoms with E-state index in [2.05, 4.69) is 12.2 Å². The van der Waals surface area contributed by atoms with Crippen molar-refractivity contribution in [1.82, 2.24) is 5.32 Å². The molecule has 0 aromatic carbocycles. The van der Waals surface area contributed by atoms with E-state index in [9.17, 15) is 9.59 Å². The van der Waals surface area contributed by atoms with Crippen LogP contribution in [0.15, 0.2) is 0 Å². The Kier molecular flexibility index (Phi) is 5.20. The highest BCUT2D eigenvalue weighted by molar-refractivity contribution is 5.82. The van der Waals surface area contributed by atoms with Crippen LogP contribution in [0.4, 0.5) is 4.79 Å². The highest BCUT2D eigenvalue weighted by atomic mass is 16.6. The van der Waals surface area contributed by atoms with Crippen molar-refractivity contribution in [1.29, 1.82) is 0 Å². The molecule has 0 heterocycles. The summed E-state index contributed by atoms with van der Waals surface area (Å²) in [5, 5.41) is 2.55. The summed E-state index contributed by atoms with van der Waals surface area (Å²) in [6.07, 6.45) is 0.534. The quantitative estimate of drug-likeness (QED) is 0.703. The molecule has 4 heteroatoms. The van der Waals surface area contributed by atoms with Crippen LogP contribution >= 0.6 is 0 Å². The second kappa shape index (κ2) is 5.62. The van der Waals surface area contributed by atoms with Crippen LogP contribution in [-0.2, 0) is 9.53 Å². The number of amides is 1. The molecule has 0 aromatic heterocycles. The van der Waals surface area contributed by atoms with Crippen LogP contribution in [0.2, 0.25) is 0 Å². The highest BCUT2D eigenvalue weighted by Gasteiger charge is 2.15. The van der Waals surface area contributed by atoms with Gasteiger partial charge < -0.3 is 10.1 Å². The molecule has 1 N–H and O–H groups in total. The summed E-state index contributed by atoms with van der Waals surface area (Å²) < 4.78 is 4.99. The first-order valence-corrected chi connectivity index (χ1v) is 4.63. The molecular weight excluding hydrogens is 182 g/mol. The number of ether oxygens (including phenoxy) is 1. The third-order valence-corrected chi connectivity index (χ3v) is 1.30. The molecule has 0 bridgehead atoms. The van der Waals surface area contributed by atoms with Gasteiger partial charge in [0.2, 0.25) is 0 Å². The SMILES string of the molecule is [CH2]C(=O)CCCNC(=O)OC(C)(C)C. The van der Waals surface area contributed by atoms with E-state index in [1.807, 2.05) is 0 Å². The van der Waals surface area contributed by atoms with Crippen LogP contribution in [-0.4, -0.2) is 24.0 Å². The average Bonchev–Trinajstić information content (AvgIpc) is 1.94. The fraction of sp³-hybridized carbons (Fsp3) is 0.700. The van der Waals surface area contributed by atoms with Gasteiger partial charge in [0.25, 0.3) is 0 Å². The fourth-order valence-electron chi connectivity index (χ4n) is 0.790. The Labute approximate surface area is 85.0 Å². The number of hydrogen-bond acceptors (Lipinski definition) is 3. The van der Waals surface area contributed by atoms with Crippen LogP contribution in [0.25, 0.3) is 0 Å². The van der Waals surface area contributed by atoms with E-state index in [4.69, 9.17) is 4.74 Å². The molecule has 0 aromatic rings. The Morgan fingerprint density at radius 2 is 1.93 bits per heavy atom. The zero-order valence-corrected chi connectivity index (χ0v) is 9.05. The number of ketones is 1. The summed E-state index contributed by atoms with van der Waals surface area (Å²) in [7, 11) is 0. The summed E-state index contributed by atoms with van der Waals surface area (Å²) >= 11 is 0. The van der Waals surface area contributed by atoms with E-state index in [0.29, 0.717) is 19.4 Å². The fourth-order valence-corrected chi connectivity index (χ4v) is 0.790. The molecule has 0 atom stereocenters. The van der Waals surface area contributed by atoms with Gasteiger partial charge >= 0.3 is 6.09 Å². The van der Waals surface area contributed by atoms with Gasteiger partial charge in [-0.3, -0.25) is 4.79 Å². The first kappa shape index (κ1) is 12.9. The Hall–Kier alpha value is -1.06. The predicted octanol–water partition coefficient (Wildman–Crippen LogP) is 1.69. The van der Waals surface area contributed by atoms with Crippen molar-refractivity contribution in [2.75, 3.05) is 6.54 Å². The Balaban J connectivity index is 3.50. The molecule has 0 saturated heterocycles. The van der Waals surface area contributed by atoms with Crippen LogP contribution in [0.3, 0.4) is 0 Å². The van der Waals surface area contributed by atoms with E-state index >= 15 is 0 Å². The third kappa shape index (κ3) is 9.03. The lowest BCUT2D eigenvalue weighted by Crippen LogP contribution is -2.33. The molecule has 14 heavy (non-hydrogen) atoms. The first-order valence-electron chi connectivity index (χ1n) is 4.63. The Morgan fingerprint density at radius 3 is 2.36 bits per heavy atom. The maximum Gasteiger partial charge on any atom is 0.407 e. The molecule has 4 nitrogen and oxygen atoms in total. The minimum absolute atomic E-state index is 0.115. The molecular formula is C10H18NO3. The van der Waals surface area contributed by atoms with E-state index in [1.165, 1.54) is 0 Å². The molecule has 0 aliphatic heterocycles. The molecule has 0 rings (SSSR count). The topological polar surface area (TPSA) is 55.4 Å². The van der Waals surface area contributed by atoms with Crippen LogP contribution in [0, 0.1) is 6.92 Å². The maximum atomic E-state index is 11.1. The number of carbonyl (C=O) groups excluding carboxylic acids is 2. The molecule has 81 valence electrons. The van der Waals surface area contributed by atoms with Crippen molar-refractivity contribution in [3.8, 4) is 0 Å². The molecule has 0 fully saturated rings. The minimum Gasteiger partial charge on any atom is -0.444 e. The van der Waals surface area contributed by atoms with Gasteiger partial charge in [-0.05, 0) is 27.2 Å². The molecule has 1 radical (unpaired) electrons. The van der Waals surface area contributed by atoms with Crippen molar-refractivity contribution in [2.45, 2.75) is 39.2 Å². The largest absolute Gasteiger partial charge is 0.444 e. The van der Waals surface area contributed by atoms with Gasteiger partial charge in [0, 0.05) is 19.9 Å². The molecule has 0 aliphatic rings. The number of nitrogens with one attached hydrogen (secondary N) is 1. The molecule has 1 amide bonds. The van der Waals surface area contributed by atoms with Crippen LogP contribution < -0.4 is 5.32 Å². The monoisotopic (exact) mass is 200 g/mol.